The van der Waals surface area contributed by atoms with E-state index in [1.54, 1.807) is 0 Å². The van der Waals surface area contributed by atoms with Crippen LogP contribution in [0.4, 0.5) is 0 Å². The minimum atomic E-state index is -0.244. The maximum Gasteiger partial charge on any atom is 0.0311 e. The summed E-state index contributed by atoms with van der Waals surface area (Å²) in [5, 5.41) is 0. The largest absolute Gasteiger partial charge is 0.402 e. The van der Waals surface area contributed by atoms with E-state index in [1.165, 1.54) is 0 Å². The first-order valence-electron chi connectivity index (χ1n) is 3.74. The highest BCUT2D eigenvalue weighted by Crippen LogP contribution is 2.10. The molecule has 0 amide bonds. The van der Waals surface area contributed by atoms with Crippen LogP contribution in [0, 0.1) is 0 Å². The van der Waals surface area contributed by atoms with Crippen molar-refractivity contribution in [1.29, 1.82) is 0 Å². The molecule has 64 valence electrons. The first kappa shape index (κ1) is 10.2. The average molecular weight is 154 g/mol. The Labute approximate surface area is 69.0 Å². The minimum absolute atomic E-state index is 0.244. The van der Waals surface area contributed by atoms with Gasteiger partial charge >= 0.3 is 0 Å². The van der Waals surface area contributed by atoms with E-state index in [4.69, 9.17) is 11.5 Å². The van der Waals surface area contributed by atoms with Crippen molar-refractivity contribution in [3.8, 4) is 0 Å². The van der Waals surface area contributed by atoms with E-state index in [0.29, 0.717) is 0 Å². The summed E-state index contributed by atoms with van der Waals surface area (Å²) in [6.45, 7) is 7.80. The Morgan fingerprint density at radius 3 is 1.91 bits per heavy atom. The molecule has 0 aliphatic heterocycles. The molecule has 0 aliphatic rings. The van der Waals surface area contributed by atoms with Gasteiger partial charge in [0.15, 0.2) is 0 Å². The van der Waals surface area contributed by atoms with Crippen molar-refractivity contribution in [3.63, 3.8) is 0 Å². The van der Waals surface area contributed by atoms with E-state index < -0.39 is 0 Å². The lowest BCUT2D eigenvalue weighted by Crippen LogP contribution is -2.33. The lowest BCUT2D eigenvalue weighted by molar-refractivity contribution is 0.611. The molecule has 0 bridgehead atoms. The summed E-state index contributed by atoms with van der Waals surface area (Å²) in [7, 11) is 0. The molecule has 0 heterocycles. The summed E-state index contributed by atoms with van der Waals surface area (Å²) in [5.41, 5.74) is 13.0. The molecular weight excluding hydrogens is 136 g/mol. The van der Waals surface area contributed by atoms with Crippen molar-refractivity contribution < 1.29 is 0 Å². The molecule has 2 heteroatoms. The molecule has 0 radical (unpaired) electrons. The van der Waals surface area contributed by atoms with Gasteiger partial charge < -0.3 is 11.5 Å². The number of nitrogens with two attached hydrogens (primary N) is 2. The molecule has 4 N–H and O–H groups in total. The Morgan fingerprint density at radius 2 is 1.64 bits per heavy atom. The Morgan fingerprint density at radius 1 is 1.18 bits per heavy atom. The summed E-state index contributed by atoms with van der Waals surface area (Å²) in [4.78, 5) is 0. The highest BCUT2D eigenvalue weighted by atomic mass is 14.7. The van der Waals surface area contributed by atoms with E-state index >= 15 is 0 Å². The number of rotatable bonds is 2. The van der Waals surface area contributed by atoms with E-state index in [-0.39, 0.29) is 5.54 Å². The smallest absolute Gasteiger partial charge is 0.0311 e. The third-order valence-corrected chi connectivity index (χ3v) is 1.61. The molecule has 0 saturated carbocycles. The second-order valence-electron chi connectivity index (χ2n) is 3.48. The summed E-state index contributed by atoms with van der Waals surface area (Å²) >= 11 is 0. The second-order valence-corrected chi connectivity index (χ2v) is 3.48. The molecule has 0 saturated heterocycles. The van der Waals surface area contributed by atoms with Crippen LogP contribution in [-0.2, 0) is 0 Å². The molecule has 11 heavy (non-hydrogen) atoms. The van der Waals surface area contributed by atoms with E-state index in [2.05, 4.69) is 0 Å². The van der Waals surface area contributed by atoms with Crippen molar-refractivity contribution in [1.82, 2.24) is 0 Å². The normalized spacial score (nSPS) is 15.4. The maximum atomic E-state index is 5.83. The van der Waals surface area contributed by atoms with Crippen LogP contribution in [-0.4, -0.2) is 5.54 Å². The lowest BCUT2D eigenvalue weighted by atomic mass is 9.96. The van der Waals surface area contributed by atoms with Gasteiger partial charge in [0.1, 0.15) is 0 Å². The van der Waals surface area contributed by atoms with Crippen molar-refractivity contribution in [2.24, 2.45) is 11.5 Å². The van der Waals surface area contributed by atoms with Crippen molar-refractivity contribution in [2.45, 2.75) is 33.2 Å². The summed E-state index contributed by atoms with van der Waals surface area (Å²) in [5.74, 6) is 0. The minimum Gasteiger partial charge on any atom is -0.402 e. The zero-order valence-corrected chi connectivity index (χ0v) is 7.81. The molecule has 0 rings (SSSR count). The van der Waals surface area contributed by atoms with Crippen LogP contribution in [0.5, 0.6) is 0 Å². The summed E-state index contributed by atoms with van der Waals surface area (Å²) < 4.78 is 0. The summed E-state index contributed by atoms with van der Waals surface area (Å²) in [6.07, 6.45) is 3.82. The van der Waals surface area contributed by atoms with Gasteiger partial charge in [0.2, 0.25) is 0 Å². The molecule has 2 nitrogen and oxygen atoms in total. The Hall–Kier alpha value is -0.760. The van der Waals surface area contributed by atoms with Crippen LogP contribution in [0.25, 0.3) is 0 Å². The first-order chi connectivity index (χ1) is 4.84. The zero-order valence-electron chi connectivity index (χ0n) is 7.81. The quantitative estimate of drug-likeness (QED) is 0.593. The molecule has 0 aromatic carbocycles. The van der Waals surface area contributed by atoms with Crippen LogP contribution in [0.3, 0.4) is 0 Å². The molecule has 0 spiro atoms. The predicted molar refractivity (Wildman–Crippen MR) is 50.0 cm³/mol. The van der Waals surface area contributed by atoms with Gasteiger partial charge in [0.25, 0.3) is 0 Å². The molecule has 0 aromatic rings. The van der Waals surface area contributed by atoms with Gasteiger partial charge in [0, 0.05) is 11.2 Å². The monoisotopic (exact) mass is 154 g/mol. The fourth-order valence-corrected chi connectivity index (χ4v) is 0.471. The Balaban J connectivity index is 4.36. The van der Waals surface area contributed by atoms with Crippen LogP contribution in [0.2, 0.25) is 0 Å². The van der Waals surface area contributed by atoms with Gasteiger partial charge in [0.05, 0.1) is 0 Å². The topological polar surface area (TPSA) is 52.0 Å². The van der Waals surface area contributed by atoms with Gasteiger partial charge in [-0.1, -0.05) is 11.6 Å². The standard InChI is InChI=1S/C9H18N2/c1-7(9(3,4)11)5-6-8(2)10/h5-6H,10-11H2,1-4H3/b7-5+,8-6+. The van der Waals surface area contributed by atoms with Crippen molar-refractivity contribution in [2.75, 3.05) is 0 Å². The number of allylic oxidation sites excluding steroid dienone is 3. The SMILES string of the molecule is C/C(N)=C\C=C(/C)C(C)(C)N. The molecule has 0 aromatic heterocycles. The number of hydrogen-bond donors (Lipinski definition) is 2. The third kappa shape index (κ3) is 4.62. The van der Waals surface area contributed by atoms with Gasteiger partial charge in [-0.3, -0.25) is 0 Å². The van der Waals surface area contributed by atoms with Crippen LogP contribution >= 0.6 is 0 Å². The fourth-order valence-electron chi connectivity index (χ4n) is 0.471. The predicted octanol–water partition coefficient (Wildman–Crippen LogP) is 1.53. The molecule has 0 atom stereocenters. The summed E-state index contributed by atoms with van der Waals surface area (Å²) in [6, 6.07) is 0. The van der Waals surface area contributed by atoms with Gasteiger partial charge in [-0.05, 0) is 33.8 Å². The molecular formula is C9H18N2. The van der Waals surface area contributed by atoms with E-state index in [0.717, 1.165) is 11.3 Å². The zero-order chi connectivity index (χ0) is 9.07. The Bertz CT molecular complexity index is 178. The van der Waals surface area contributed by atoms with Gasteiger partial charge in [-0.2, -0.15) is 0 Å². The maximum absolute atomic E-state index is 5.83. The molecule has 0 fully saturated rings. The van der Waals surface area contributed by atoms with Crippen molar-refractivity contribution in [3.05, 3.63) is 23.4 Å². The second kappa shape index (κ2) is 3.58. The number of hydrogen-bond acceptors (Lipinski definition) is 2. The van der Waals surface area contributed by atoms with Crippen LogP contribution in [0.1, 0.15) is 27.7 Å². The van der Waals surface area contributed by atoms with E-state index in [1.807, 2.05) is 39.8 Å². The lowest BCUT2D eigenvalue weighted by Gasteiger charge is -2.18. The van der Waals surface area contributed by atoms with E-state index in [9.17, 15) is 0 Å². The molecule has 0 unspecified atom stereocenters. The fraction of sp³-hybridized carbons (Fsp3) is 0.556. The van der Waals surface area contributed by atoms with Gasteiger partial charge in [-0.15, -0.1) is 0 Å². The third-order valence-electron chi connectivity index (χ3n) is 1.61. The highest BCUT2D eigenvalue weighted by molar-refractivity contribution is 5.21. The average Bonchev–Trinajstić information content (AvgIpc) is 1.80. The van der Waals surface area contributed by atoms with Gasteiger partial charge in [-0.25, -0.2) is 0 Å². The Kier molecular flexibility index (Phi) is 3.33. The highest BCUT2D eigenvalue weighted by Gasteiger charge is 2.11. The molecule has 0 aliphatic carbocycles. The van der Waals surface area contributed by atoms with Crippen LogP contribution < -0.4 is 11.5 Å². The first-order valence-corrected chi connectivity index (χ1v) is 3.74. The van der Waals surface area contributed by atoms with Crippen molar-refractivity contribution >= 4 is 0 Å². The van der Waals surface area contributed by atoms with Crippen LogP contribution in [0.15, 0.2) is 23.4 Å².